The average Bonchev–Trinajstić information content (AvgIpc) is 2.39. The zero-order valence-electron chi connectivity index (χ0n) is 11.6. The molecule has 92 valence electrons. The van der Waals surface area contributed by atoms with E-state index in [1.807, 2.05) is 0 Å². The Hall–Kier alpha value is -0.590. The first-order valence-electron chi connectivity index (χ1n) is 5.50. The van der Waals surface area contributed by atoms with Gasteiger partial charge >= 0.3 is 43.8 Å². The Morgan fingerprint density at radius 3 is 1.05 bits per heavy atom. The van der Waals surface area contributed by atoms with Gasteiger partial charge < -0.3 is 21.5 Å². The van der Waals surface area contributed by atoms with Gasteiger partial charge in [0.15, 0.2) is 0 Å². The minimum atomic E-state index is -1.47. The maximum Gasteiger partial charge on any atom is 1.00 e. The van der Waals surface area contributed by atoms with E-state index in [4.69, 9.17) is 20.1 Å². The molecule has 2 aromatic carbocycles. The fourth-order valence-electron chi connectivity index (χ4n) is 1.70. The Morgan fingerprint density at radius 2 is 0.842 bits per heavy atom. The number of benzene rings is 2. The van der Waals surface area contributed by atoms with Crippen molar-refractivity contribution in [3.63, 3.8) is 0 Å². The molecule has 0 unspecified atom stereocenters. The summed E-state index contributed by atoms with van der Waals surface area (Å²) in [4.78, 5) is 0. The van der Waals surface area contributed by atoms with Gasteiger partial charge in [-0.05, 0) is 22.1 Å². The molecule has 0 saturated carbocycles. The van der Waals surface area contributed by atoms with E-state index < -0.39 is 14.2 Å². The fraction of sp³-hybridized carbons (Fsp3) is 0. The molecule has 2 rings (SSSR count). The molecule has 0 saturated heterocycles. The number of hydrogen-bond donors (Lipinski definition) is 4. The average molecular weight is 266 g/mol. The van der Waals surface area contributed by atoms with Gasteiger partial charge in [-0.3, -0.25) is 0 Å². The smallest absolute Gasteiger partial charge is 1.00 e. The van der Waals surface area contributed by atoms with Crippen LogP contribution in [0.25, 0.3) is 11.1 Å². The van der Waals surface area contributed by atoms with Crippen molar-refractivity contribution in [3.8, 4) is 11.1 Å². The van der Waals surface area contributed by atoms with Crippen LogP contribution in [-0.2, 0) is 0 Å². The first kappa shape index (κ1) is 16.5. The van der Waals surface area contributed by atoms with Crippen molar-refractivity contribution < 1.29 is 51.1 Å². The quantitative estimate of drug-likeness (QED) is 0.425. The molecule has 2 aromatic rings. The molecule has 0 heterocycles. The summed E-state index contributed by atoms with van der Waals surface area (Å²) in [7, 11) is -2.93. The third-order valence-corrected chi connectivity index (χ3v) is 2.75. The van der Waals surface area contributed by atoms with Gasteiger partial charge in [0, 0.05) is 0 Å². The molecular weight excluding hydrogens is 253 g/mol. The van der Waals surface area contributed by atoms with Crippen molar-refractivity contribution >= 4 is 25.2 Å². The van der Waals surface area contributed by atoms with E-state index in [1.54, 1.807) is 48.5 Å². The van der Waals surface area contributed by atoms with Gasteiger partial charge in [0.2, 0.25) is 0 Å². The van der Waals surface area contributed by atoms with Gasteiger partial charge in [-0.25, -0.2) is 0 Å². The summed E-state index contributed by atoms with van der Waals surface area (Å²) in [5.74, 6) is 0. The van der Waals surface area contributed by atoms with Crippen LogP contribution < -0.4 is 40.5 Å². The summed E-state index contributed by atoms with van der Waals surface area (Å²) in [6.07, 6.45) is 0. The van der Waals surface area contributed by atoms with Crippen LogP contribution in [-0.4, -0.2) is 34.3 Å². The van der Waals surface area contributed by atoms with Crippen molar-refractivity contribution in [2.24, 2.45) is 0 Å². The van der Waals surface area contributed by atoms with E-state index >= 15 is 0 Å². The van der Waals surface area contributed by atoms with Gasteiger partial charge in [-0.1, -0.05) is 48.5 Å². The summed E-state index contributed by atoms with van der Waals surface area (Å²) >= 11 is 0. The van der Waals surface area contributed by atoms with E-state index in [0.29, 0.717) is 10.9 Å². The van der Waals surface area contributed by atoms with Gasteiger partial charge in [0.25, 0.3) is 0 Å². The third kappa shape index (κ3) is 4.19. The second-order valence-electron chi connectivity index (χ2n) is 3.99. The van der Waals surface area contributed by atoms with E-state index in [9.17, 15) is 0 Å². The van der Waals surface area contributed by atoms with E-state index in [2.05, 4.69) is 0 Å². The Morgan fingerprint density at radius 1 is 0.579 bits per heavy atom. The third-order valence-electron chi connectivity index (χ3n) is 2.75. The molecule has 0 bridgehead atoms. The summed E-state index contributed by atoms with van der Waals surface area (Å²) < 4.78 is 0. The van der Waals surface area contributed by atoms with Gasteiger partial charge in [0.1, 0.15) is 0 Å². The van der Waals surface area contributed by atoms with Crippen LogP contribution >= 0.6 is 0 Å². The SMILES string of the molecule is OB(O)c1ccc(-c2ccc(B(O)O)cc2)cc1.[H-].[Na+]. The Balaban J connectivity index is 0.00000180. The van der Waals surface area contributed by atoms with E-state index in [0.717, 1.165) is 11.1 Å². The van der Waals surface area contributed by atoms with Crippen LogP contribution in [0.15, 0.2) is 48.5 Å². The van der Waals surface area contributed by atoms with Crippen molar-refractivity contribution in [1.29, 1.82) is 0 Å². The minimum absolute atomic E-state index is 0. The standard InChI is InChI=1S/C12H12B2O4.Na.H/c15-13(16)11-5-1-9(2-6-11)10-3-7-12(8-4-10)14(17)18;;/h1-8,15-18H;;/q;+1;-1. The van der Waals surface area contributed by atoms with Gasteiger partial charge in [-0.15, -0.1) is 0 Å². The molecule has 0 aliphatic rings. The van der Waals surface area contributed by atoms with Crippen molar-refractivity contribution in [1.82, 2.24) is 0 Å². The second-order valence-corrected chi connectivity index (χ2v) is 3.99. The molecule has 0 radical (unpaired) electrons. The molecule has 4 N–H and O–H groups in total. The Labute approximate surface area is 135 Å². The first-order chi connectivity index (χ1) is 8.58. The molecule has 0 spiro atoms. The zero-order valence-corrected chi connectivity index (χ0v) is 12.6. The summed E-state index contributed by atoms with van der Waals surface area (Å²) in [5, 5.41) is 35.9. The maximum atomic E-state index is 8.98. The molecule has 19 heavy (non-hydrogen) atoms. The Bertz CT molecular complexity index is 470. The molecule has 0 aliphatic carbocycles. The molecule has 0 atom stereocenters. The molecular formula is C12H13B2NaO4. The summed E-state index contributed by atoms with van der Waals surface area (Å²) in [5.41, 5.74) is 2.69. The predicted molar refractivity (Wildman–Crippen MR) is 72.6 cm³/mol. The monoisotopic (exact) mass is 266 g/mol. The topological polar surface area (TPSA) is 80.9 Å². The normalized spacial score (nSPS) is 9.68. The molecule has 4 nitrogen and oxygen atoms in total. The maximum absolute atomic E-state index is 8.98. The minimum Gasteiger partial charge on any atom is -1.00 e. The van der Waals surface area contributed by atoms with E-state index in [1.165, 1.54) is 0 Å². The zero-order chi connectivity index (χ0) is 13.1. The number of hydrogen-bond acceptors (Lipinski definition) is 4. The van der Waals surface area contributed by atoms with E-state index in [-0.39, 0.29) is 31.0 Å². The van der Waals surface area contributed by atoms with Crippen LogP contribution in [0.4, 0.5) is 0 Å². The predicted octanol–water partition coefficient (Wildman–Crippen LogP) is -4.17. The van der Waals surface area contributed by atoms with Gasteiger partial charge in [0.05, 0.1) is 0 Å². The summed E-state index contributed by atoms with van der Waals surface area (Å²) in [6, 6.07) is 13.6. The summed E-state index contributed by atoms with van der Waals surface area (Å²) in [6.45, 7) is 0. The van der Waals surface area contributed by atoms with Gasteiger partial charge in [-0.2, -0.15) is 0 Å². The number of rotatable bonds is 3. The first-order valence-corrected chi connectivity index (χ1v) is 5.50. The molecule has 0 aliphatic heterocycles. The molecule has 7 heteroatoms. The van der Waals surface area contributed by atoms with Crippen molar-refractivity contribution in [2.75, 3.05) is 0 Å². The van der Waals surface area contributed by atoms with Crippen LogP contribution in [0, 0.1) is 0 Å². The molecule has 0 fully saturated rings. The van der Waals surface area contributed by atoms with Crippen LogP contribution in [0.2, 0.25) is 0 Å². The van der Waals surface area contributed by atoms with Crippen LogP contribution in [0.1, 0.15) is 1.43 Å². The largest absolute Gasteiger partial charge is 1.00 e. The van der Waals surface area contributed by atoms with Crippen molar-refractivity contribution in [3.05, 3.63) is 48.5 Å². The Kier molecular flexibility index (Phi) is 6.29. The fourth-order valence-corrected chi connectivity index (χ4v) is 1.70. The molecule has 0 amide bonds. The van der Waals surface area contributed by atoms with Crippen molar-refractivity contribution in [2.45, 2.75) is 0 Å². The molecule has 0 aromatic heterocycles. The van der Waals surface area contributed by atoms with Crippen LogP contribution in [0.5, 0.6) is 0 Å². The van der Waals surface area contributed by atoms with Crippen LogP contribution in [0.3, 0.4) is 0 Å². The second kappa shape index (κ2) is 7.26.